The van der Waals surface area contributed by atoms with E-state index in [1.54, 1.807) is 0 Å². The fourth-order valence-electron chi connectivity index (χ4n) is 5.31. The molecule has 0 amide bonds. The largest absolute Gasteiger partial charge is 0.316 e. The highest BCUT2D eigenvalue weighted by Gasteiger charge is 2.48. The molecule has 4 unspecified atom stereocenters. The molecule has 6 heteroatoms. The number of nitrogens with one attached hydrogen (secondary N) is 3. The van der Waals surface area contributed by atoms with Crippen molar-refractivity contribution in [3.63, 3.8) is 0 Å². The van der Waals surface area contributed by atoms with E-state index in [0.717, 1.165) is 23.1 Å². The molecule has 4 fully saturated rings. The normalized spacial score (nSPS) is 43.2. The molecular weight excluding hydrogens is 336 g/mol. The predicted molar refractivity (Wildman–Crippen MR) is 106 cm³/mol. The van der Waals surface area contributed by atoms with Crippen molar-refractivity contribution < 1.29 is 0 Å². The Balaban J connectivity index is 1.14. The third-order valence-electron chi connectivity index (χ3n) is 6.95. The Labute approximate surface area is 156 Å². The van der Waals surface area contributed by atoms with Gasteiger partial charge in [-0.15, -0.1) is 0 Å². The molecule has 4 atom stereocenters. The van der Waals surface area contributed by atoms with E-state index < -0.39 is 0 Å². The van der Waals surface area contributed by atoms with Gasteiger partial charge in [-0.2, -0.15) is 4.13 Å². The minimum atomic E-state index is 0.623. The van der Waals surface area contributed by atoms with Gasteiger partial charge in [-0.25, -0.2) is 4.31 Å². The lowest BCUT2D eigenvalue weighted by Crippen LogP contribution is -2.52. The zero-order chi connectivity index (χ0) is 16.6. The van der Waals surface area contributed by atoms with E-state index in [2.05, 4.69) is 32.9 Å². The summed E-state index contributed by atoms with van der Waals surface area (Å²) in [6.07, 6.45) is 8.24. The monoisotopic (exact) mass is 370 g/mol. The summed E-state index contributed by atoms with van der Waals surface area (Å²) < 4.78 is 6.21. The van der Waals surface area contributed by atoms with Crippen LogP contribution in [0.5, 0.6) is 0 Å². The number of rotatable bonds is 7. The van der Waals surface area contributed by atoms with Gasteiger partial charge in [-0.3, -0.25) is 0 Å². The zero-order valence-corrected chi connectivity index (χ0v) is 16.9. The van der Waals surface area contributed by atoms with Crippen molar-refractivity contribution in [2.75, 3.05) is 26.2 Å². The van der Waals surface area contributed by atoms with Gasteiger partial charge in [0.25, 0.3) is 0 Å². The predicted octanol–water partition coefficient (Wildman–Crippen LogP) is 3.03. The third-order valence-corrected chi connectivity index (χ3v) is 9.09. The second-order valence-electron chi connectivity index (χ2n) is 8.69. The molecule has 2 aliphatic carbocycles. The number of hydrogen-bond acceptors (Lipinski definition) is 6. The minimum absolute atomic E-state index is 0.623. The Bertz CT molecular complexity index is 429. The summed E-state index contributed by atoms with van der Waals surface area (Å²) in [6.45, 7) is 9.63. The van der Waals surface area contributed by atoms with Gasteiger partial charge in [-0.1, -0.05) is 18.9 Å². The van der Waals surface area contributed by atoms with Gasteiger partial charge >= 0.3 is 0 Å². The molecule has 0 aromatic carbocycles. The maximum atomic E-state index is 3.78. The van der Waals surface area contributed by atoms with Crippen LogP contribution in [0.3, 0.4) is 0 Å². The molecule has 0 radical (unpaired) electrons. The Morgan fingerprint density at radius 2 is 2.17 bits per heavy atom. The molecule has 24 heavy (non-hydrogen) atoms. The Kier molecular flexibility index (Phi) is 5.71. The lowest BCUT2D eigenvalue weighted by atomic mass is 9.65. The van der Waals surface area contributed by atoms with Gasteiger partial charge < -0.3 is 10.6 Å². The van der Waals surface area contributed by atoms with Crippen LogP contribution >= 0.6 is 24.1 Å². The maximum Gasteiger partial charge on any atom is 0.0245 e. The van der Waals surface area contributed by atoms with Crippen molar-refractivity contribution in [3.8, 4) is 0 Å². The van der Waals surface area contributed by atoms with Crippen molar-refractivity contribution in [3.05, 3.63) is 0 Å². The molecule has 3 N–H and O–H groups in total. The van der Waals surface area contributed by atoms with Gasteiger partial charge in [0.1, 0.15) is 0 Å². The lowest BCUT2D eigenvalue weighted by Gasteiger charge is -2.46. The topological polar surface area (TPSA) is 39.3 Å². The van der Waals surface area contributed by atoms with E-state index in [4.69, 9.17) is 0 Å². The molecular formula is C18H34N4S2. The lowest BCUT2D eigenvalue weighted by molar-refractivity contribution is 0.0923. The zero-order valence-electron chi connectivity index (χ0n) is 15.2. The molecule has 0 bridgehead atoms. The van der Waals surface area contributed by atoms with Crippen molar-refractivity contribution in [2.45, 2.75) is 69.7 Å². The van der Waals surface area contributed by atoms with Crippen LogP contribution < -0.4 is 14.8 Å². The molecule has 2 saturated carbocycles. The standard InChI is InChI=1S/C18H34N4S2/c1-3-13(2)20-15-8-18(9-15)6-7-22(12-18)24-21-23-17-5-4-14-10-19-11-16(14)17/h13-17,19-21H,3-12H2,1-2H3. The Morgan fingerprint density at radius 3 is 3.00 bits per heavy atom. The van der Waals surface area contributed by atoms with Crippen molar-refractivity contribution in [1.29, 1.82) is 0 Å². The number of nitrogens with zero attached hydrogens (tertiary/aromatic N) is 1. The average Bonchev–Trinajstić information content (AvgIpc) is 3.23. The Hall–Kier alpha value is 0.540. The van der Waals surface area contributed by atoms with Crippen LogP contribution in [0.25, 0.3) is 0 Å². The molecule has 2 heterocycles. The number of hydrogen-bond donors (Lipinski definition) is 3. The molecule has 4 rings (SSSR count). The van der Waals surface area contributed by atoms with Crippen LogP contribution in [0.2, 0.25) is 0 Å². The van der Waals surface area contributed by atoms with E-state index >= 15 is 0 Å². The highest BCUT2D eigenvalue weighted by molar-refractivity contribution is 8.12. The first kappa shape index (κ1) is 17.9. The van der Waals surface area contributed by atoms with Crippen molar-refractivity contribution >= 4 is 24.1 Å². The SMILES string of the molecule is CCC(C)NC1CC2(CCN(SNSC3CCC4CNCC43)C2)C1. The smallest absolute Gasteiger partial charge is 0.0245 e. The second kappa shape index (κ2) is 7.65. The summed E-state index contributed by atoms with van der Waals surface area (Å²) in [6, 6.07) is 1.45. The van der Waals surface area contributed by atoms with Crippen LogP contribution in [0.1, 0.15) is 52.4 Å². The van der Waals surface area contributed by atoms with E-state index in [1.165, 1.54) is 64.7 Å². The van der Waals surface area contributed by atoms with E-state index in [-0.39, 0.29) is 0 Å². The first-order valence-electron chi connectivity index (χ1n) is 9.97. The van der Waals surface area contributed by atoms with Crippen LogP contribution in [-0.2, 0) is 0 Å². The van der Waals surface area contributed by atoms with Crippen LogP contribution in [0, 0.1) is 17.3 Å². The van der Waals surface area contributed by atoms with Crippen LogP contribution in [0.15, 0.2) is 0 Å². The van der Waals surface area contributed by atoms with Gasteiger partial charge in [0.15, 0.2) is 0 Å². The fourth-order valence-corrected chi connectivity index (χ4v) is 7.66. The summed E-state index contributed by atoms with van der Waals surface area (Å²) in [4.78, 5) is 0. The maximum absolute atomic E-state index is 3.78. The van der Waals surface area contributed by atoms with E-state index in [1.807, 2.05) is 24.1 Å². The summed E-state index contributed by atoms with van der Waals surface area (Å²) in [5.74, 6) is 1.86. The summed E-state index contributed by atoms with van der Waals surface area (Å²) in [7, 11) is 0. The molecule has 4 aliphatic rings. The minimum Gasteiger partial charge on any atom is -0.316 e. The Morgan fingerprint density at radius 1 is 1.29 bits per heavy atom. The first-order chi connectivity index (χ1) is 11.7. The van der Waals surface area contributed by atoms with Crippen molar-refractivity contribution in [2.24, 2.45) is 17.3 Å². The van der Waals surface area contributed by atoms with Crippen LogP contribution in [0.4, 0.5) is 0 Å². The molecule has 0 aromatic heterocycles. The molecule has 1 spiro atoms. The molecule has 4 nitrogen and oxygen atoms in total. The summed E-state index contributed by atoms with van der Waals surface area (Å²) in [5.41, 5.74) is 0.623. The highest BCUT2D eigenvalue weighted by atomic mass is 32.2. The van der Waals surface area contributed by atoms with E-state index in [9.17, 15) is 0 Å². The van der Waals surface area contributed by atoms with Crippen LogP contribution in [-0.4, -0.2) is 47.8 Å². The third kappa shape index (κ3) is 3.79. The molecule has 138 valence electrons. The molecule has 0 aromatic rings. The number of fused-ring (bicyclic) bond motifs is 1. The van der Waals surface area contributed by atoms with Gasteiger partial charge in [-0.05, 0) is 75.8 Å². The van der Waals surface area contributed by atoms with Gasteiger partial charge in [0.05, 0.1) is 0 Å². The quantitative estimate of drug-likeness (QED) is 0.599. The molecule has 2 aliphatic heterocycles. The second-order valence-corrected chi connectivity index (χ2v) is 10.9. The van der Waals surface area contributed by atoms with Gasteiger partial charge in [0, 0.05) is 42.6 Å². The summed E-state index contributed by atoms with van der Waals surface area (Å²) >= 11 is 3.89. The van der Waals surface area contributed by atoms with Gasteiger partial charge in [0.2, 0.25) is 0 Å². The first-order valence-corrected chi connectivity index (χ1v) is 11.6. The average molecular weight is 371 g/mol. The highest BCUT2D eigenvalue weighted by Crippen LogP contribution is 2.50. The molecule has 2 saturated heterocycles. The van der Waals surface area contributed by atoms with E-state index in [0.29, 0.717) is 11.5 Å². The summed E-state index contributed by atoms with van der Waals surface area (Å²) in [5, 5.41) is 8.17. The fraction of sp³-hybridized carbons (Fsp3) is 1.00. The van der Waals surface area contributed by atoms with Crippen molar-refractivity contribution in [1.82, 2.24) is 19.1 Å².